The molecule has 0 spiro atoms. The minimum atomic E-state index is 0.209. The molecule has 0 radical (unpaired) electrons. The summed E-state index contributed by atoms with van der Waals surface area (Å²) in [5.41, 5.74) is 3.65. The quantitative estimate of drug-likeness (QED) is 0.724. The van der Waals surface area contributed by atoms with Crippen LogP contribution in [0, 0.1) is 0 Å². The Labute approximate surface area is 78.6 Å². The lowest BCUT2D eigenvalue weighted by molar-refractivity contribution is 0.242. The first-order chi connectivity index (χ1) is 6.22. The summed E-state index contributed by atoms with van der Waals surface area (Å²) in [6, 6.07) is 7.62. The predicted molar refractivity (Wildman–Crippen MR) is 52.8 cm³/mol. The van der Waals surface area contributed by atoms with Crippen LogP contribution in [0.1, 0.15) is 13.8 Å². The first-order valence-electron chi connectivity index (χ1n) is 4.28. The van der Waals surface area contributed by atoms with Crippen LogP contribution in [-0.2, 0) is 4.84 Å². The normalized spacial score (nSPS) is 10.2. The Bertz CT molecular complexity index is 244. The summed E-state index contributed by atoms with van der Waals surface area (Å²) in [4.78, 5) is 4.76. The SMILES string of the molecule is CONc1ccc(OC(C)C)cc1. The minimum absolute atomic E-state index is 0.209. The number of rotatable bonds is 4. The van der Waals surface area contributed by atoms with Crippen molar-refractivity contribution in [3.05, 3.63) is 24.3 Å². The van der Waals surface area contributed by atoms with Crippen LogP contribution in [0.3, 0.4) is 0 Å². The monoisotopic (exact) mass is 181 g/mol. The van der Waals surface area contributed by atoms with Crippen molar-refractivity contribution >= 4 is 5.69 Å². The maximum absolute atomic E-state index is 5.48. The minimum Gasteiger partial charge on any atom is -0.491 e. The largest absolute Gasteiger partial charge is 0.491 e. The Morgan fingerprint density at radius 3 is 2.23 bits per heavy atom. The second kappa shape index (κ2) is 4.72. The van der Waals surface area contributed by atoms with Crippen LogP contribution in [0.25, 0.3) is 0 Å². The fourth-order valence-electron chi connectivity index (χ4n) is 0.992. The predicted octanol–water partition coefficient (Wildman–Crippen LogP) is 2.45. The van der Waals surface area contributed by atoms with Crippen molar-refractivity contribution in [3.63, 3.8) is 0 Å². The summed E-state index contributed by atoms with van der Waals surface area (Å²) >= 11 is 0. The molecule has 0 heterocycles. The average molecular weight is 181 g/mol. The molecular weight excluding hydrogens is 166 g/mol. The smallest absolute Gasteiger partial charge is 0.119 e. The lowest BCUT2D eigenvalue weighted by Gasteiger charge is -2.10. The molecule has 1 rings (SSSR count). The van der Waals surface area contributed by atoms with Gasteiger partial charge in [0, 0.05) is 0 Å². The molecule has 0 fully saturated rings. The third kappa shape index (κ3) is 3.34. The van der Waals surface area contributed by atoms with E-state index in [0.29, 0.717) is 0 Å². The van der Waals surface area contributed by atoms with Gasteiger partial charge in [-0.2, -0.15) is 0 Å². The first-order valence-corrected chi connectivity index (χ1v) is 4.28. The summed E-state index contributed by atoms with van der Waals surface area (Å²) < 4.78 is 5.48. The molecule has 72 valence electrons. The van der Waals surface area contributed by atoms with Gasteiger partial charge in [0.25, 0.3) is 0 Å². The van der Waals surface area contributed by atoms with E-state index in [9.17, 15) is 0 Å². The van der Waals surface area contributed by atoms with E-state index in [4.69, 9.17) is 9.57 Å². The lowest BCUT2D eigenvalue weighted by atomic mass is 10.3. The van der Waals surface area contributed by atoms with Crippen molar-refractivity contribution < 1.29 is 9.57 Å². The van der Waals surface area contributed by atoms with Gasteiger partial charge in [-0.1, -0.05) is 0 Å². The molecule has 0 aliphatic heterocycles. The molecule has 0 amide bonds. The molecule has 0 saturated heterocycles. The van der Waals surface area contributed by atoms with E-state index in [0.717, 1.165) is 11.4 Å². The molecule has 0 bridgehead atoms. The topological polar surface area (TPSA) is 30.5 Å². The fourth-order valence-corrected chi connectivity index (χ4v) is 0.992. The second-order valence-electron chi connectivity index (χ2n) is 3.00. The van der Waals surface area contributed by atoms with Crippen molar-refractivity contribution in [3.8, 4) is 5.75 Å². The maximum Gasteiger partial charge on any atom is 0.119 e. The lowest BCUT2D eigenvalue weighted by Crippen LogP contribution is -2.05. The van der Waals surface area contributed by atoms with Gasteiger partial charge >= 0.3 is 0 Å². The highest BCUT2D eigenvalue weighted by Crippen LogP contribution is 2.16. The summed E-state index contributed by atoms with van der Waals surface area (Å²) in [5, 5.41) is 0. The van der Waals surface area contributed by atoms with Crippen LogP contribution in [0.4, 0.5) is 5.69 Å². The zero-order chi connectivity index (χ0) is 9.68. The number of hydrogen-bond acceptors (Lipinski definition) is 3. The van der Waals surface area contributed by atoms with Crippen molar-refractivity contribution in [1.29, 1.82) is 0 Å². The van der Waals surface area contributed by atoms with E-state index in [1.807, 2.05) is 38.1 Å². The Hall–Kier alpha value is -1.22. The van der Waals surface area contributed by atoms with E-state index in [2.05, 4.69) is 5.48 Å². The molecule has 0 saturated carbocycles. The average Bonchev–Trinajstić information content (AvgIpc) is 2.08. The number of hydrogen-bond donors (Lipinski definition) is 1. The molecule has 0 aliphatic carbocycles. The van der Waals surface area contributed by atoms with Crippen LogP contribution in [-0.4, -0.2) is 13.2 Å². The van der Waals surface area contributed by atoms with E-state index < -0.39 is 0 Å². The third-order valence-electron chi connectivity index (χ3n) is 1.45. The van der Waals surface area contributed by atoms with Crippen molar-refractivity contribution in [2.45, 2.75) is 20.0 Å². The Balaban J connectivity index is 2.59. The van der Waals surface area contributed by atoms with Gasteiger partial charge < -0.3 is 4.74 Å². The standard InChI is InChI=1S/C10H15NO2/c1-8(2)13-10-6-4-9(5-7-10)11-12-3/h4-8,11H,1-3H3. The molecule has 1 N–H and O–H groups in total. The third-order valence-corrected chi connectivity index (χ3v) is 1.45. The summed E-state index contributed by atoms with van der Waals surface area (Å²) in [7, 11) is 1.58. The molecule has 3 nitrogen and oxygen atoms in total. The molecule has 0 atom stereocenters. The highest BCUT2D eigenvalue weighted by Gasteiger charge is 1.96. The molecule has 0 aliphatic rings. The van der Waals surface area contributed by atoms with E-state index in [1.165, 1.54) is 0 Å². The first kappa shape index (κ1) is 9.86. The zero-order valence-corrected chi connectivity index (χ0v) is 8.20. The highest BCUT2D eigenvalue weighted by molar-refractivity contribution is 5.44. The highest BCUT2D eigenvalue weighted by atomic mass is 16.6. The van der Waals surface area contributed by atoms with Crippen LogP contribution < -0.4 is 10.2 Å². The van der Waals surface area contributed by atoms with E-state index in [1.54, 1.807) is 7.11 Å². The number of ether oxygens (including phenoxy) is 1. The zero-order valence-electron chi connectivity index (χ0n) is 8.20. The maximum atomic E-state index is 5.48. The number of anilines is 1. The van der Waals surface area contributed by atoms with Crippen molar-refractivity contribution in [1.82, 2.24) is 0 Å². The van der Waals surface area contributed by atoms with Gasteiger partial charge in [0.05, 0.1) is 18.9 Å². The van der Waals surface area contributed by atoms with Crippen LogP contribution >= 0.6 is 0 Å². The van der Waals surface area contributed by atoms with Crippen LogP contribution in [0.5, 0.6) is 5.75 Å². The molecular formula is C10H15NO2. The van der Waals surface area contributed by atoms with Crippen molar-refractivity contribution in [2.75, 3.05) is 12.6 Å². The molecule has 13 heavy (non-hydrogen) atoms. The molecule has 1 aromatic carbocycles. The van der Waals surface area contributed by atoms with E-state index >= 15 is 0 Å². The van der Waals surface area contributed by atoms with Gasteiger partial charge in [0.15, 0.2) is 0 Å². The summed E-state index contributed by atoms with van der Waals surface area (Å²) in [5.74, 6) is 0.872. The van der Waals surface area contributed by atoms with Gasteiger partial charge in [0.2, 0.25) is 0 Å². The van der Waals surface area contributed by atoms with Gasteiger partial charge in [-0.05, 0) is 38.1 Å². The number of benzene rings is 1. The Morgan fingerprint density at radius 2 is 1.77 bits per heavy atom. The van der Waals surface area contributed by atoms with Gasteiger partial charge in [0.1, 0.15) is 5.75 Å². The second-order valence-corrected chi connectivity index (χ2v) is 3.00. The Kier molecular flexibility index (Phi) is 3.58. The van der Waals surface area contributed by atoms with Crippen molar-refractivity contribution in [2.24, 2.45) is 0 Å². The molecule has 0 unspecified atom stereocenters. The van der Waals surface area contributed by atoms with Gasteiger partial charge in [-0.25, -0.2) is 0 Å². The van der Waals surface area contributed by atoms with Gasteiger partial charge in [-0.15, -0.1) is 0 Å². The Morgan fingerprint density at radius 1 is 1.15 bits per heavy atom. The van der Waals surface area contributed by atoms with Crippen LogP contribution in [0.15, 0.2) is 24.3 Å². The van der Waals surface area contributed by atoms with Gasteiger partial charge in [-0.3, -0.25) is 10.3 Å². The number of nitrogens with one attached hydrogen (secondary N) is 1. The van der Waals surface area contributed by atoms with Crippen LogP contribution in [0.2, 0.25) is 0 Å². The molecule has 1 aromatic rings. The van der Waals surface area contributed by atoms with E-state index in [-0.39, 0.29) is 6.10 Å². The molecule has 0 aromatic heterocycles. The molecule has 3 heteroatoms. The summed E-state index contributed by atoms with van der Waals surface area (Å²) in [6.45, 7) is 4.00. The fraction of sp³-hybridized carbons (Fsp3) is 0.400. The summed E-state index contributed by atoms with van der Waals surface area (Å²) in [6.07, 6.45) is 0.209.